The van der Waals surface area contributed by atoms with Crippen LogP contribution in [0.4, 0.5) is 4.39 Å². The summed E-state index contributed by atoms with van der Waals surface area (Å²) in [5.41, 5.74) is -1.10. The third-order valence-electron chi connectivity index (χ3n) is 7.02. The van der Waals surface area contributed by atoms with Crippen molar-refractivity contribution in [1.82, 2.24) is 0 Å². The lowest BCUT2D eigenvalue weighted by Crippen LogP contribution is -2.69. The lowest BCUT2D eigenvalue weighted by Gasteiger charge is -2.61. The van der Waals surface area contributed by atoms with E-state index in [1.807, 2.05) is 0 Å². The van der Waals surface area contributed by atoms with Crippen molar-refractivity contribution in [3.8, 4) is 0 Å². The second kappa shape index (κ2) is 5.10. The molecule has 3 fully saturated rings. The molecule has 0 atom stereocenters. The molecule has 0 bridgehead atoms. The first-order valence-electron chi connectivity index (χ1n) is 8.78. The van der Waals surface area contributed by atoms with E-state index < -0.39 is 17.0 Å². The average molecular weight is 280 g/mol. The molecular formula is C18H29FO. The van der Waals surface area contributed by atoms with Gasteiger partial charge in [-0.2, -0.15) is 0 Å². The number of hydrogen-bond donors (Lipinski definition) is 0. The van der Waals surface area contributed by atoms with Gasteiger partial charge in [0.25, 0.3) is 0 Å². The van der Waals surface area contributed by atoms with Gasteiger partial charge in [-0.1, -0.05) is 26.7 Å². The second-order valence-electron chi connectivity index (χ2n) is 7.71. The molecule has 3 saturated carbocycles. The van der Waals surface area contributed by atoms with E-state index >= 15 is 4.39 Å². The predicted octanol–water partition coefficient (Wildman–Crippen LogP) is 5.08. The molecule has 0 aromatic heterocycles. The maximum Gasteiger partial charge on any atom is 0.151 e. The van der Waals surface area contributed by atoms with Gasteiger partial charge in [0.2, 0.25) is 0 Å². The standard InChI is InChI=1S/C18H29FO/c1-3-13-5-9-17(10-6-13)15(19)18(16(17)20)11-7-14(4-2)8-12-18/h13-15H,3-12H2,1-2H3/t13?,14?,15?,17-,18-. The number of hydrogen-bond acceptors (Lipinski definition) is 1. The summed E-state index contributed by atoms with van der Waals surface area (Å²) in [6, 6.07) is 0. The van der Waals surface area contributed by atoms with E-state index in [0.29, 0.717) is 5.78 Å². The Morgan fingerprint density at radius 2 is 1.25 bits per heavy atom. The van der Waals surface area contributed by atoms with Crippen LogP contribution in [-0.2, 0) is 4.79 Å². The van der Waals surface area contributed by atoms with Gasteiger partial charge in [-0.05, 0) is 63.2 Å². The van der Waals surface area contributed by atoms with Gasteiger partial charge in [0.1, 0.15) is 6.17 Å². The minimum atomic E-state index is -0.835. The molecule has 0 aliphatic heterocycles. The lowest BCUT2D eigenvalue weighted by molar-refractivity contribution is -0.193. The summed E-state index contributed by atoms with van der Waals surface area (Å²) < 4.78 is 15.1. The fraction of sp³-hybridized carbons (Fsp3) is 0.944. The van der Waals surface area contributed by atoms with E-state index in [2.05, 4.69) is 13.8 Å². The van der Waals surface area contributed by atoms with Gasteiger partial charge in [-0.25, -0.2) is 4.39 Å². The Kier molecular flexibility index (Phi) is 3.71. The van der Waals surface area contributed by atoms with Crippen molar-refractivity contribution in [2.75, 3.05) is 0 Å². The second-order valence-corrected chi connectivity index (χ2v) is 7.71. The molecule has 2 spiro atoms. The minimum absolute atomic E-state index is 0.321. The number of alkyl halides is 1. The molecule has 0 unspecified atom stereocenters. The topological polar surface area (TPSA) is 17.1 Å². The number of carbonyl (C=O) groups excluding carboxylic acids is 1. The van der Waals surface area contributed by atoms with Crippen molar-refractivity contribution in [3.63, 3.8) is 0 Å². The summed E-state index contributed by atoms with van der Waals surface area (Å²) in [4.78, 5) is 12.9. The first-order chi connectivity index (χ1) is 9.59. The van der Waals surface area contributed by atoms with Gasteiger partial charge in [0.05, 0.1) is 10.8 Å². The van der Waals surface area contributed by atoms with Crippen LogP contribution in [0.25, 0.3) is 0 Å². The molecule has 0 radical (unpaired) electrons. The summed E-state index contributed by atoms with van der Waals surface area (Å²) in [6.07, 6.45) is 9.09. The number of carbonyl (C=O) groups is 1. The zero-order valence-electron chi connectivity index (χ0n) is 13.1. The van der Waals surface area contributed by atoms with Gasteiger partial charge in [0.15, 0.2) is 5.78 Å². The van der Waals surface area contributed by atoms with Gasteiger partial charge in [0, 0.05) is 0 Å². The summed E-state index contributed by atoms with van der Waals surface area (Å²) in [5, 5.41) is 0. The van der Waals surface area contributed by atoms with E-state index in [1.54, 1.807) is 0 Å². The molecule has 0 saturated heterocycles. The van der Waals surface area contributed by atoms with Crippen LogP contribution in [0.15, 0.2) is 0 Å². The van der Waals surface area contributed by atoms with Gasteiger partial charge in [-0.3, -0.25) is 4.79 Å². The zero-order chi connectivity index (χ0) is 14.4. The van der Waals surface area contributed by atoms with E-state index in [-0.39, 0.29) is 0 Å². The fourth-order valence-corrected chi connectivity index (χ4v) is 5.34. The van der Waals surface area contributed by atoms with Crippen LogP contribution in [-0.4, -0.2) is 12.0 Å². The van der Waals surface area contributed by atoms with Crippen molar-refractivity contribution in [2.24, 2.45) is 22.7 Å². The van der Waals surface area contributed by atoms with E-state index in [4.69, 9.17) is 0 Å². The fourth-order valence-electron chi connectivity index (χ4n) is 5.34. The van der Waals surface area contributed by atoms with Gasteiger partial charge < -0.3 is 0 Å². The highest BCUT2D eigenvalue weighted by atomic mass is 19.1. The number of rotatable bonds is 2. The SMILES string of the molecule is CCC1CC[C@]2(CC1)C(=O)[C@@]1(CCC(CC)CC1)C2F. The van der Waals surface area contributed by atoms with Crippen LogP contribution in [0.2, 0.25) is 0 Å². The van der Waals surface area contributed by atoms with Crippen LogP contribution in [0, 0.1) is 22.7 Å². The largest absolute Gasteiger partial charge is 0.298 e. The van der Waals surface area contributed by atoms with Crippen LogP contribution in [0.1, 0.15) is 78.1 Å². The molecule has 0 amide bonds. The van der Waals surface area contributed by atoms with E-state index in [9.17, 15) is 4.79 Å². The summed E-state index contributed by atoms with van der Waals surface area (Å²) in [5.74, 6) is 1.78. The molecule has 0 aromatic rings. The lowest BCUT2D eigenvalue weighted by atomic mass is 9.42. The highest BCUT2D eigenvalue weighted by Gasteiger charge is 2.71. The van der Waals surface area contributed by atoms with Crippen molar-refractivity contribution >= 4 is 5.78 Å². The molecular weight excluding hydrogens is 251 g/mol. The van der Waals surface area contributed by atoms with E-state index in [0.717, 1.165) is 63.2 Å². The molecule has 114 valence electrons. The first-order valence-corrected chi connectivity index (χ1v) is 8.78. The summed E-state index contributed by atoms with van der Waals surface area (Å²) in [7, 11) is 0. The Balaban J connectivity index is 1.69. The number of halogens is 1. The number of ketones is 1. The van der Waals surface area contributed by atoms with Gasteiger partial charge >= 0.3 is 0 Å². The molecule has 0 N–H and O–H groups in total. The monoisotopic (exact) mass is 280 g/mol. The predicted molar refractivity (Wildman–Crippen MR) is 79.3 cm³/mol. The Bertz CT molecular complexity index is 339. The smallest absolute Gasteiger partial charge is 0.151 e. The summed E-state index contributed by atoms with van der Waals surface area (Å²) in [6.45, 7) is 4.43. The van der Waals surface area contributed by atoms with Crippen LogP contribution in [0.3, 0.4) is 0 Å². The zero-order valence-corrected chi connectivity index (χ0v) is 13.1. The highest BCUT2D eigenvalue weighted by Crippen LogP contribution is 2.65. The number of Topliss-reactive ketones (excluding diaryl/α,β-unsaturated/α-hetero) is 1. The maximum absolute atomic E-state index is 15.1. The normalized spacial score (nSPS) is 48.5. The van der Waals surface area contributed by atoms with Crippen LogP contribution >= 0.6 is 0 Å². The van der Waals surface area contributed by atoms with Crippen molar-refractivity contribution in [2.45, 2.75) is 84.2 Å². The Labute approximate surface area is 122 Å². The molecule has 20 heavy (non-hydrogen) atoms. The average Bonchev–Trinajstić information content (AvgIpc) is 2.54. The quantitative estimate of drug-likeness (QED) is 0.689. The highest BCUT2D eigenvalue weighted by molar-refractivity contribution is 5.98. The molecule has 3 rings (SSSR count). The molecule has 3 aliphatic carbocycles. The Morgan fingerprint density at radius 1 is 0.900 bits per heavy atom. The van der Waals surface area contributed by atoms with Crippen LogP contribution in [0.5, 0.6) is 0 Å². The third-order valence-corrected chi connectivity index (χ3v) is 7.02. The van der Waals surface area contributed by atoms with Gasteiger partial charge in [-0.15, -0.1) is 0 Å². The van der Waals surface area contributed by atoms with Crippen LogP contribution < -0.4 is 0 Å². The molecule has 1 nitrogen and oxygen atoms in total. The van der Waals surface area contributed by atoms with Crippen molar-refractivity contribution in [1.29, 1.82) is 0 Å². The third kappa shape index (κ3) is 1.82. The van der Waals surface area contributed by atoms with Crippen molar-refractivity contribution in [3.05, 3.63) is 0 Å². The Hall–Kier alpha value is -0.400. The van der Waals surface area contributed by atoms with Crippen molar-refractivity contribution < 1.29 is 9.18 Å². The minimum Gasteiger partial charge on any atom is -0.298 e. The maximum atomic E-state index is 15.1. The first kappa shape index (κ1) is 14.5. The molecule has 0 aromatic carbocycles. The molecule has 3 aliphatic rings. The summed E-state index contributed by atoms with van der Waals surface area (Å²) >= 11 is 0. The molecule has 0 heterocycles. The Morgan fingerprint density at radius 3 is 1.50 bits per heavy atom. The molecule has 2 heteroatoms. The van der Waals surface area contributed by atoms with E-state index in [1.165, 1.54) is 12.8 Å².